The number of rotatable bonds is 14. The predicted molar refractivity (Wildman–Crippen MR) is 123 cm³/mol. The Labute approximate surface area is 176 Å². The standard InChI is InChI=1S/C26H37NO2/c1-2-3-4-5-6-7-8-9-13-18-27-24(19-22-14-11-10-12-15-22)20-23-16-17-25(28)21-26(23)29/h10-12,14-17,21,28-29H,2-9,13,18-20H2,1H3. The Morgan fingerprint density at radius 1 is 0.759 bits per heavy atom. The Hall–Kier alpha value is -2.29. The molecule has 0 unspecified atom stereocenters. The van der Waals surface area contributed by atoms with Gasteiger partial charge >= 0.3 is 0 Å². The van der Waals surface area contributed by atoms with E-state index in [1.165, 1.54) is 63.0 Å². The molecule has 0 radical (unpaired) electrons. The molecule has 0 fully saturated rings. The van der Waals surface area contributed by atoms with Gasteiger partial charge in [0.2, 0.25) is 0 Å². The third-order valence-corrected chi connectivity index (χ3v) is 5.31. The van der Waals surface area contributed by atoms with Crippen molar-refractivity contribution in [2.75, 3.05) is 6.54 Å². The molecule has 2 aromatic rings. The summed E-state index contributed by atoms with van der Waals surface area (Å²) in [7, 11) is 0. The van der Waals surface area contributed by atoms with Gasteiger partial charge in [0.25, 0.3) is 0 Å². The van der Waals surface area contributed by atoms with Crippen molar-refractivity contribution in [3.05, 3.63) is 59.7 Å². The molecule has 0 saturated carbocycles. The van der Waals surface area contributed by atoms with E-state index < -0.39 is 0 Å². The summed E-state index contributed by atoms with van der Waals surface area (Å²) in [4.78, 5) is 4.88. The largest absolute Gasteiger partial charge is 0.508 e. The van der Waals surface area contributed by atoms with Gasteiger partial charge in [-0.05, 0) is 23.6 Å². The molecule has 0 bridgehead atoms. The minimum Gasteiger partial charge on any atom is -0.508 e. The highest BCUT2D eigenvalue weighted by atomic mass is 16.3. The molecular weight excluding hydrogens is 358 g/mol. The highest BCUT2D eigenvalue weighted by Crippen LogP contribution is 2.23. The maximum absolute atomic E-state index is 10.1. The van der Waals surface area contributed by atoms with E-state index in [2.05, 4.69) is 19.1 Å². The molecule has 3 heteroatoms. The van der Waals surface area contributed by atoms with Crippen LogP contribution in [0.4, 0.5) is 0 Å². The van der Waals surface area contributed by atoms with Crippen molar-refractivity contribution in [2.24, 2.45) is 4.99 Å². The lowest BCUT2D eigenvalue weighted by atomic mass is 10.0. The van der Waals surface area contributed by atoms with Crippen LogP contribution >= 0.6 is 0 Å². The Morgan fingerprint density at radius 2 is 1.41 bits per heavy atom. The SMILES string of the molecule is CCCCCCCCCCCN=C(Cc1ccccc1)Cc1ccc(O)cc1O. The molecule has 0 aromatic heterocycles. The number of aromatic hydroxyl groups is 2. The van der Waals surface area contributed by atoms with Gasteiger partial charge in [-0.1, -0.05) is 94.7 Å². The van der Waals surface area contributed by atoms with E-state index in [1.807, 2.05) is 18.2 Å². The molecule has 2 rings (SSSR count). The molecule has 0 aliphatic carbocycles. The zero-order valence-corrected chi connectivity index (χ0v) is 17.9. The van der Waals surface area contributed by atoms with Crippen molar-refractivity contribution in [3.8, 4) is 11.5 Å². The lowest BCUT2D eigenvalue weighted by Gasteiger charge is -2.10. The number of unbranched alkanes of at least 4 members (excludes halogenated alkanes) is 8. The van der Waals surface area contributed by atoms with Crippen molar-refractivity contribution < 1.29 is 10.2 Å². The summed E-state index contributed by atoms with van der Waals surface area (Å²) in [5, 5.41) is 19.7. The third-order valence-electron chi connectivity index (χ3n) is 5.31. The molecule has 3 nitrogen and oxygen atoms in total. The third kappa shape index (κ3) is 9.65. The molecule has 158 valence electrons. The fourth-order valence-corrected chi connectivity index (χ4v) is 3.59. The van der Waals surface area contributed by atoms with Crippen molar-refractivity contribution in [1.82, 2.24) is 0 Å². The number of nitrogens with zero attached hydrogens (tertiary/aromatic N) is 1. The van der Waals surface area contributed by atoms with Gasteiger partial charge in [-0.3, -0.25) is 4.99 Å². The molecule has 0 aliphatic heterocycles. The van der Waals surface area contributed by atoms with Gasteiger partial charge in [0.1, 0.15) is 11.5 Å². The van der Waals surface area contributed by atoms with Gasteiger partial charge < -0.3 is 10.2 Å². The van der Waals surface area contributed by atoms with Gasteiger partial charge in [0.05, 0.1) is 0 Å². The van der Waals surface area contributed by atoms with Gasteiger partial charge in [-0.15, -0.1) is 0 Å². The van der Waals surface area contributed by atoms with E-state index in [9.17, 15) is 10.2 Å². The summed E-state index contributed by atoms with van der Waals surface area (Å²) in [6.07, 6.45) is 13.2. The van der Waals surface area contributed by atoms with Crippen LogP contribution in [0.25, 0.3) is 0 Å². The monoisotopic (exact) mass is 395 g/mol. The van der Waals surface area contributed by atoms with Crippen molar-refractivity contribution in [1.29, 1.82) is 0 Å². The summed E-state index contributed by atoms with van der Waals surface area (Å²) in [5.74, 6) is 0.219. The zero-order chi connectivity index (χ0) is 20.7. The zero-order valence-electron chi connectivity index (χ0n) is 17.9. The average molecular weight is 396 g/mol. The molecule has 0 heterocycles. The number of phenolic OH excluding ortho intramolecular Hbond substituents is 2. The predicted octanol–water partition coefficient (Wildman–Crippen LogP) is 6.85. The highest BCUT2D eigenvalue weighted by molar-refractivity contribution is 5.89. The topological polar surface area (TPSA) is 52.8 Å². The average Bonchev–Trinajstić information content (AvgIpc) is 2.72. The molecule has 0 spiro atoms. The first-order valence-electron chi connectivity index (χ1n) is 11.3. The van der Waals surface area contributed by atoms with E-state index in [0.717, 1.165) is 30.7 Å². The van der Waals surface area contributed by atoms with Crippen LogP contribution < -0.4 is 0 Å². The van der Waals surface area contributed by atoms with Crippen LogP contribution in [0.2, 0.25) is 0 Å². The lowest BCUT2D eigenvalue weighted by Crippen LogP contribution is -2.09. The molecule has 0 atom stereocenters. The Kier molecular flexibility index (Phi) is 11.0. The molecule has 0 aliphatic rings. The summed E-state index contributed by atoms with van der Waals surface area (Å²) in [6, 6.07) is 15.1. The van der Waals surface area contributed by atoms with E-state index in [-0.39, 0.29) is 11.5 Å². The fourth-order valence-electron chi connectivity index (χ4n) is 3.59. The number of aliphatic imine (C=N–C) groups is 1. The van der Waals surface area contributed by atoms with Gasteiger partial charge in [-0.25, -0.2) is 0 Å². The van der Waals surface area contributed by atoms with Gasteiger partial charge in [0.15, 0.2) is 0 Å². The van der Waals surface area contributed by atoms with Crippen molar-refractivity contribution >= 4 is 5.71 Å². The van der Waals surface area contributed by atoms with E-state index >= 15 is 0 Å². The number of benzene rings is 2. The second-order valence-corrected chi connectivity index (χ2v) is 7.93. The maximum atomic E-state index is 10.1. The van der Waals surface area contributed by atoms with E-state index in [0.29, 0.717) is 6.42 Å². The van der Waals surface area contributed by atoms with Crippen LogP contribution in [0.3, 0.4) is 0 Å². The maximum Gasteiger partial charge on any atom is 0.122 e. The Balaban J connectivity index is 1.83. The highest BCUT2D eigenvalue weighted by Gasteiger charge is 2.08. The fraction of sp³-hybridized carbons (Fsp3) is 0.500. The van der Waals surface area contributed by atoms with Crippen LogP contribution in [-0.2, 0) is 12.8 Å². The van der Waals surface area contributed by atoms with Gasteiger partial charge in [0, 0.05) is 31.2 Å². The van der Waals surface area contributed by atoms with Crippen LogP contribution in [-0.4, -0.2) is 22.5 Å². The summed E-state index contributed by atoms with van der Waals surface area (Å²) < 4.78 is 0. The molecule has 0 amide bonds. The van der Waals surface area contributed by atoms with Gasteiger partial charge in [-0.2, -0.15) is 0 Å². The van der Waals surface area contributed by atoms with E-state index in [1.54, 1.807) is 12.1 Å². The quantitative estimate of drug-likeness (QED) is 0.271. The molecule has 0 saturated heterocycles. The minimum atomic E-state index is 0.0856. The number of hydrogen-bond donors (Lipinski definition) is 2. The summed E-state index contributed by atoms with van der Waals surface area (Å²) in [5.41, 5.74) is 3.12. The second kappa shape index (κ2) is 13.8. The van der Waals surface area contributed by atoms with Crippen LogP contribution in [0.5, 0.6) is 11.5 Å². The Morgan fingerprint density at radius 3 is 2.07 bits per heavy atom. The first-order valence-corrected chi connectivity index (χ1v) is 11.3. The number of phenols is 2. The first-order chi connectivity index (χ1) is 14.2. The van der Waals surface area contributed by atoms with Crippen LogP contribution in [0.15, 0.2) is 53.5 Å². The molecule has 2 N–H and O–H groups in total. The lowest BCUT2D eigenvalue weighted by molar-refractivity contribution is 0.447. The van der Waals surface area contributed by atoms with Crippen LogP contribution in [0.1, 0.15) is 75.8 Å². The van der Waals surface area contributed by atoms with Crippen LogP contribution in [0, 0.1) is 0 Å². The second-order valence-electron chi connectivity index (χ2n) is 7.93. The Bertz CT molecular complexity index is 725. The number of hydrogen-bond acceptors (Lipinski definition) is 3. The molecule has 2 aromatic carbocycles. The smallest absolute Gasteiger partial charge is 0.122 e. The summed E-state index contributed by atoms with van der Waals surface area (Å²) >= 11 is 0. The first kappa shape index (κ1) is 23.0. The summed E-state index contributed by atoms with van der Waals surface area (Å²) in [6.45, 7) is 3.10. The van der Waals surface area contributed by atoms with Crippen molar-refractivity contribution in [2.45, 2.75) is 77.6 Å². The minimum absolute atomic E-state index is 0.0856. The molecular formula is C26H37NO2. The molecule has 29 heavy (non-hydrogen) atoms. The van der Waals surface area contributed by atoms with Crippen molar-refractivity contribution in [3.63, 3.8) is 0 Å². The normalized spacial score (nSPS) is 11.7. The van der Waals surface area contributed by atoms with E-state index in [4.69, 9.17) is 4.99 Å².